The highest BCUT2D eigenvalue weighted by atomic mass is 16.2. The fraction of sp³-hybridized carbons (Fsp3) is 0.750. The number of likely N-dealkylation sites (tertiary alicyclic amines) is 1. The molecule has 1 unspecified atom stereocenters. The third-order valence-corrected chi connectivity index (χ3v) is 2.18. The van der Waals surface area contributed by atoms with Gasteiger partial charge in [-0.3, -0.25) is 9.59 Å². The fourth-order valence-corrected chi connectivity index (χ4v) is 1.45. The molecule has 1 fully saturated rings. The van der Waals surface area contributed by atoms with E-state index in [1.54, 1.807) is 4.90 Å². The van der Waals surface area contributed by atoms with Crippen LogP contribution in [-0.4, -0.2) is 42.4 Å². The monoisotopic (exact) mass is 185 g/mol. The normalized spacial score (nSPS) is 21.7. The van der Waals surface area contributed by atoms with Crippen molar-refractivity contribution in [2.75, 3.05) is 19.6 Å². The average Bonchev–Trinajstić information content (AvgIpc) is 2.52. The van der Waals surface area contributed by atoms with E-state index in [9.17, 15) is 9.59 Å². The molecule has 0 aromatic carbocycles. The van der Waals surface area contributed by atoms with Gasteiger partial charge in [-0.2, -0.15) is 0 Å². The lowest BCUT2D eigenvalue weighted by molar-refractivity contribution is -0.128. The van der Waals surface area contributed by atoms with Crippen molar-refractivity contribution in [3.05, 3.63) is 0 Å². The number of nitrogens with one attached hydrogen (secondary N) is 1. The van der Waals surface area contributed by atoms with Gasteiger partial charge in [-0.15, -0.1) is 0 Å². The Labute approximate surface area is 77.3 Å². The van der Waals surface area contributed by atoms with Gasteiger partial charge in [0.1, 0.15) is 0 Å². The first-order chi connectivity index (χ1) is 6.13. The summed E-state index contributed by atoms with van der Waals surface area (Å²) in [4.78, 5) is 23.6. The Morgan fingerprint density at radius 2 is 2.31 bits per heavy atom. The van der Waals surface area contributed by atoms with Gasteiger partial charge in [0, 0.05) is 26.1 Å². The number of rotatable bonds is 2. The molecular formula is C8H15N3O2. The minimum absolute atomic E-state index is 0.0105. The molecule has 0 aromatic rings. The Kier molecular flexibility index (Phi) is 3.25. The Morgan fingerprint density at radius 3 is 2.77 bits per heavy atom. The standard InChI is InChI=1S/C8H15N3O2/c1-6(12)11-3-2-7(5-11)10-8(13)4-9/h7H,2-5,9H2,1H3,(H,10,13). The molecule has 1 aliphatic rings. The minimum Gasteiger partial charge on any atom is -0.350 e. The van der Waals surface area contributed by atoms with Crippen LogP contribution in [0.25, 0.3) is 0 Å². The molecule has 5 heteroatoms. The molecule has 13 heavy (non-hydrogen) atoms. The maximum atomic E-state index is 10.9. The van der Waals surface area contributed by atoms with Crippen molar-refractivity contribution in [2.24, 2.45) is 5.73 Å². The fourth-order valence-electron chi connectivity index (χ4n) is 1.45. The number of carbonyl (C=O) groups is 2. The lowest BCUT2D eigenvalue weighted by atomic mass is 10.2. The molecule has 0 radical (unpaired) electrons. The van der Waals surface area contributed by atoms with Crippen LogP contribution in [0.3, 0.4) is 0 Å². The van der Waals surface area contributed by atoms with Crippen molar-refractivity contribution >= 4 is 11.8 Å². The number of carbonyl (C=O) groups excluding carboxylic acids is 2. The van der Waals surface area contributed by atoms with Gasteiger partial charge in [0.25, 0.3) is 0 Å². The van der Waals surface area contributed by atoms with Gasteiger partial charge in [-0.1, -0.05) is 0 Å². The Balaban J connectivity index is 2.33. The van der Waals surface area contributed by atoms with Crippen molar-refractivity contribution in [1.29, 1.82) is 0 Å². The molecular weight excluding hydrogens is 170 g/mol. The maximum absolute atomic E-state index is 10.9. The van der Waals surface area contributed by atoms with Crippen molar-refractivity contribution in [3.8, 4) is 0 Å². The van der Waals surface area contributed by atoms with Gasteiger partial charge in [0.2, 0.25) is 11.8 Å². The number of hydrogen-bond acceptors (Lipinski definition) is 3. The summed E-state index contributed by atoms with van der Waals surface area (Å²) in [5.74, 6) is -0.0973. The predicted octanol–water partition coefficient (Wildman–Crippen LogP) is -1.32. The average molecular weight is 185 g/mol. The molecule has 74 valence electrons. The second kappa shape index (κ2) is 4.23. The van der Waals surface area contributed by atoms with Gasteiger partial charge in [0.15, 0.2) is 0 Å². The summed E-state index contributed by atoms with van der Waals surface area (Å²) in [6.07, 6.45) is 0.825. The van der Waals surface area contributed by atoms with Crippen molar-refractivity contribution in [1.82, 2.24) is 10.2 Å². The lowest BCUT2D eigenvalue weighted by Gasteiger charge is -2.14. The van der Waals surface area contributed by atoms with Crippen molar-refractivity contribution in [3.63, 3.8) is 0 Å². The summed E-state index contributed by atoms with van der Waals surface area (Å²) in [6, 6.07) is 0.0833. The molecule has 2 amide bonds. The van der Waals surface area contributed by atoms with Crippen LogP contribution in [0.4, 0.5) is 0 Å². The molecule has 0 aromatic heterocycles. The summed E-state index contributed by atoms with van der Waals surface area (Å²) in [5, 5.41) is 2.76. The largest absolute Gasteiger partial charge is 0.350 e. The van der Waals surface area contributed by atoms with Crippen LogP contribution in [0.1, 0.15) is 13.3 Å². The third-order valence-electron chi connectivity index (χ3n) is 2.18. The Bertz CT molecular complexity index is 217. The van der Waals surface area contributed by atoms with E-state index in [4.69, 9.17) is 5.73 Å². The SMILES string of the molecule is CC(=O)N1CCC(NC(=O)CN)C1. The van der Waals surface area contributed by atoms with Gasteiger partial charge in [-0.25, -0.2) is 0 Å². The van der Waals surface area contributed by atoms with E-state index in [2.05, 4.69) is 5.32 Å². The highest BCUT2D eigenvalue weighted by Crippen LogP contribution is 2.08. The zero-order chi connectivity index (χ0) is 9.84. The van der Waals surface area contributed by atoms with Crippen LogP contribution in [0.2, 0.25) is 0 Å². The number of amides is 2. The molecule has 0 spiro atoms. The molecule has 5 nitrogen and oxygen atoms in total. The molecule has 0 saturated carbocycles. The molecule has 0 bridgehead atoms. The number of hydrogen-bond donors (Lipinski definition) is 2. The van der Waals surface area contributed by atoms with E-state index in [-0.39, 0.29) is 24.4 Å². The van der Waals surface area contributed by atoms with E-state index in [0.29, 0.717) is 6.54 Å². The molecule has 1 atom stereocenters. The smallest absolute Gasteiger partial charge is 0.234 e. The summed E-state index contributed by atoms with van der Waals surface area (Å²) < 4.78 is 0. The number of nitrogens with zero attached hydrogens (tertiary/aromatic N) is 1. The van der Waals surface area contributed by atoms with Crippen molar-refractivity contribution in [2.45, 2.75) is 19.4 Å². The topological polar surface area (TPSA) is 75.4 Å². The van der Waals surface area contributed by atoms with Gasteiger partial charge in [-0.05, 0) is 6.42 Å². The van der Waals surface area contributed by atoms with E-state index >= 15 is 0 Å². The number of nitrogens with two attached hydrogens (primary N) is 1. The van der Waals surface area contributed by atoms with Gasteiger partial charge >= 0.3 is 0 Å². The maximum Gasteiger partial charge on any atom is 0.234 e. The van der Waals surface area contributed by atoms with Crippen LogP contribution in [0, 0.1) is 0 Å². The third kappa shape index (κ3) is 2.69. The zero-order valence-electron chi connectivity index (χ0n) is 7.75. The predicted molar refractivity (Wildman–Crippen MR) is 47.9 cm³/mol. The molecule has 1 aliphatic heterocycles. The van der Waals surface area contributed by atoms with Crippen LogP contribution in [0.5, 0.6) is 0 Å². The van der Waals surface area contributed by atoms with Gasteiger partial charge < -0.3 is 16.0 Å². The molecule has 0 aliphatic carbocycles. The zero-order valence-corrected chi connectivity index (χ0v) is 7.75. The van der Waals surface area contributed by atoms with Crippen LogP contribution >= 0.6 is 0 Å². The van der Waals surface area contributed by atoms with E-state index in [1.807, 2.05) is 0 Å². The summed E-state index contributed by atoms with van der Waals surface area (Å²) in [6.45, 7) is 2.88. The van der Waals surface area contributed by atoms with Crippen LogP contribution < -0.4 is 11.1 Å². The molecule has 3 N–H and O–H groups in total. The second-order valence-corrected chi connectivity index (χ2v) is 3.22. The van der Waals surface area contributed by atoms with E-state index in [0.717, 1.165) is 13.0 Å². The van der Waals surface area contributed by atoms with E-state index < -0.39 is 0 Å². The van der Waals surface area contributed by atoms with Crippen LogP contribution in [-0.2, 0) is 9.59 Å². The highest BCUT2D eigenvalue weighted by Gasteiger charge is 2.24. The molecule has 1 saturated heterocycles. The first-order valence-corrected chi connectivity index (χ1v) is 4.38. The van der Waals surface area contributed by atoms with E-state index in [1.165, 1.54) is 6.92 Å². The first-order valence-electron chi connectivity index (χ1n) is 4.38. The molecule has 1 heterocycles. The summed E-state index contributed by atoms with van der Waals surface area (Å²) >= 11 is 0. The Morgan fingerprint density at radius 1 is 1.62 bits per heavy atom. The lowest BCUT2D eigenvalue weighted by Crippen LogP contribution is -2.40. The quantitative estimate of drug-likeness (QED) is 0.560. The minimum atomic E-state index is -0.157. The second-order valence-electron chi connectivity index (χ2n) is 3.22. The summed E-state index contributed by atoms with van der Waals surface area (Å²) in [7, 11) is 0. The highest BCUT2D eigenvalue weighted by molar-refractivity contribution is 5.78. The first kappa shape index (κ1) is 9.98. The summed E-state index contributed by atoms with van der Waals surface area (Å²) in [5.41, 5.74) is 5.15. The van der Waals surface area contributed by atoms with Crippen molar-refractivity contribution < 1.29 is 9.59 Å². The van der Waals surface area contributed by atoms with Gasteiger partial charge in [0.05, 0.1) is 6.54 Å². The van der Waals surface area contributed by atoms with Crippen LogP contribution in [0.15, 0.2) is 0 Å². The Hall–Kier alpha value is -1.10. The molecule has 1 rings (SSSR count).